The average molecular weight is 192 g/mol. The first-order valence-corrected chi connectivity index (χ1v) is 4.77. The van der Waals surface area contributed by atoms with Gasteiger partial charge < -0.3 is 4.42 Å². The van der Waals surface area contributed by atoms with Gasteiger partial charge in [-0.1, -0.05) is 0 Å². The highest BCUT2D eigenvalue weighted by atomic mass is 16.3. The lowest BCUT2D eigenvalue weighted by Gasteiger charge is -2.08. The van der Waals surface area contributed by atoms with Crippen LogP contribution in [0.1, 0.15) is 52.0 Å². The molecule has 14 heavy (non-hydrogen) atoms. The average Bonchev–Trinajstić information content (AvgIpc) is 2.42. The van der Waals surface area contributed by atoms with Gasteiger partial charge in [-0.25, -0.2) is 0 Å². The van der Waals surface area contributed by atoms with Crippen molar-refractivity contribution in [2.75, 3.05) is 0 Å². The monoisotopic (exact) mass is 192 g/mol. The first-order valence-electron chi connectivity index (χ1n) is 4.77. The summed E-state index contributed by atoms with van der Waals surface area (Å²) in [5.41, 5.74) is 1.44. The molecule has 0 aliphatic heterocycles. The van der Waals surface area contributed by atoms with E-state index >= 15 is 0 Å². The molecule has 0 aromatic carbocycles. The zero-order valence-electron chi connectivity index (χ0n) is 8.35. The van der Waals surface area contributed by atoms with Crippen LogP contribution in [0.2, 0.25) is 0 Å². The van der Waals surface area contributed by atoms with Gasteiger partial charge >= 0.3 is 0 Å². The third-order valence-corrected chi connectivity index (χ3v) is 2.62. The van der Waals surface area contributed by atoms with Crippen LogP contribution < -0.4 is 0 Å². The van der Waals surface area contributed by atoms with Crippen molar-refractivity contribution in [1.29, 1.82) is 0 Å². The van der Waals surface area contributed by atoms with E-state index in [9.17, 15) is 9.59 Å². The van der Waals surface area contributed by atoms with Crippen LogP contribution in [0.5, 0.6) is 0 Å². The Bertz CT molecular complexity index is 412. The molecule has 1 aromatic rings. The van der Waals surface area contributed by atoms with Gasteiger partial charge in [0.15, 0.2) is 17.3 Å². The Morgan fingerprint density at radius 3 is 2.71 bits per heavy atom. The number of hydrogen-bond acceptors (Lipinski definition) is 3. The number of rotatable bonds is 1. The molecule has 0 radical (unpaired) electrons. The van der Waals surface area contributed by atoms with Crippen LogP contribution >= 0.6 is 0 Å². The van der Waals surface area contributed by atoms with Gasteiger partial charge in [0, 0.05) is 12.0 Å². The van der Waals surface area contributed by atoms with Gasteiger partial charge in [0.2, 0.25) is 0 Å². The van der Waals surface area contributed by atoms with Gasteiger partial charge in [-0.3, -0.25) is 9.59 Å². The fourth-order valence-corrected chi connectivity index (χ4v) is 2.06. The van der Waals surface area contributed by atoms with E-state index in [4.69, 9.17) is 4.42 Å². The molecule has 2 rings (SSSR count). The molecule has 0 saturated carbocycles. The second kappa shape index (κ2) is 3.08. The van der Waals surface area contributed by atoms with Crippen molar-refractivity contribution in [3.8, 4) is 0 Å². The van der Waals surface area contributed by atoms with Crippen molar-refractivity contribution in [1.82, 2.24) is 0 Å². The summed E-state index contributed by atoms with van der Waals surface area (Å²) < 4.78 is 5.34. The molecule has 74 valence electrons. The molecular weight excluding hydrogens is 180 g/mol. The fraction of sp³-hybridized carbons (Fsp3) is 0.455. The Kier molecular flexibility index (Phi) is 2.02. The van der Waals surface area contributed by atoms with Crippen LogP contribution in [0.4, 0.5) is 0 Å². The number of fused-ring (bicyclic) bond motifs is 1. The van der Waals surface area contributed by atoms with Gasteiger partial charge in [0.05, 0.1) is 5.56 Å². The van der Waals surface area contributed by atoms with Crippen molar-refractivity contribution < 1.29 is 14.0 Å². The number of carbonyl (C=O) groups excluding carboxylic acids is 2. The summed E-state index contributed by atoms with van der Waals surface area (Å²) in [7, 11) is 0. The Morgan fingerprint density at radius 1 is 1.36 bits per heavy atom. The van der Waals surface area contributed by atoms with E-state index in [1.807, 2.05) is 0 Å². The van der Waals surface area contributed by atoms with Crippen molar-refractivity contribution in [3.05, 3.63) is 22.6 Å². The molecule has 0 fully saturated rings. The minimum atomic E-state index is -0.0119. The Morgan fingerprint density at radius 2 is 2.07 bits per heavy atom. The summed E-state index contributed by atoms with van der Waals surface area (Å²) in [5.74, 6) is 1.01. The quantitative estimate of drug-likeness (QED) is 0.641. The lowest BCUT2D eigenvalue weighted by molar-refractivity contribution is 0.0942. The second-order valence-electron chi connectivity index (χ2n) is 3.67. The van der Waals surface area contributed by atoms with E-state index in [-0.39, 0.29) is 11.6 Å². The Labute approximate surface area is 82.1 Å². The van der Waals surface area contributed by atoms with Crippen LogP contribution in [-0.4, -0.2) is 11.6 Å². The second-order valence-corrected chi connectivity index (χ2v) is 3.67. The van der Waals surface area contributed by atoms with E-state index in [2.05, 4.69) is 0 Å². The first kappa shape index (κ1) is 9.19. The third-order valence-electron chi connectivity index (χ3n) is 2.62. The number of hydrogen-bond donors (Lipinski definition) is 0. The van der Waals surface area contributed by atoms with E-state index in [1.165, 1.54) is 6.92 Å². The maximum absolute atomic E-state index is 11.5. The van der Waals surface area contributed by atoms with Gasteiger partial charge in [-0.2, -0.15) is 0 Å². The zero-order valence-corrected chi connectivity index (χ0v) is 8.35. The molecule has 0 N–H and O–H groups in total. The fourth-order valence-electron chi connectivity index (χ4n) is 2.06. The minimum Gasteiger partial charge on any atom is -0.457 e. The normalized spacial score (nSPS) is 15.4. The van der Waals surface area contributed by atoms with Crippen LogP contribution in [0, 0.1) is 6.92 Å². The molecule has 3 nitrogen and oxygen atoms in total. The lowest BCUT2D eigenvalue weighted by Crippen LogP contribution is -2.10. The van der Waals surface area contributed by atoms with E-state index in [0.717, 1.165) is 18.4 Å². The predicted octanol–water partition coefficient (Wildman–Crippen LogP) is 2.31. The number of aryl methyl sites for hydroxylation is 1. The largest absolute Gasteiger partial charge is 0.457 e. The molecule has 1 aromatic heterocycles. The van der Waals surface area contributed by atoms with Gasteiger partial charge in [-0.15, -0.1) is 0 Å². The van der Waals surface area contributed by atoms with Crippen LogP contribution in [0.15, 0.2) is 4.42 Å². The van der Waals surface area contributed by atoms with Gasteiger partial charge in [-0.05, 0) is 26.7 Å². The number of ketones is 2. The maximum atomic E-state index is 11.5. The number of carbonyl (C=O) groups is 2. The Balaban J connectivity index is 2.63. The molecular formula is C11H12O3. The summed E-state index contributed by atoms with van der Waals surface area (Å²) >= 11 is 0. The molecule has 1 aliphatic rings. The SMILES string of the molecule is CC(=O)c1c(C)oc2c1CCCC2=O. The van der Waals surface area contributed by atoms with Crippen LogP contribution in [0.3, 0.4) is 0 Å². The highest BCUT2D eigenvalue weighted by Gasteiger charge is 2.27. The van der Waals surface area contributed by atoms with Gasteiger partial charge in [0.25, 0.3) is 0 Å². The topological polar surface area (TPSA) is 47.3 Å². The molecule has 0 spiro atoms. The molecule has 1 heterocycles. The summed E-state index contributed by atoms with van der Waals surface area (Å²) in [5, 5.41) is 0. The lowest BCUT2D eigenvalue weighted by atomic mass is 9.92. The maximum Gasteiger partial charge on any atom is 0.198 e. The van der Waals surface area contributed by atoms with Crippen molar-refractivity contribution in [3.63, 3.8) is 0 Å². The third kappa shape index (κ3) is 1.20. The molecule has 3 heteroatoms. The van der Waals surface area contributed by atoms with Crippen LogP contribution in [-0.2, 0) is 6.42 Å². The van der Waals surface area contributed by atoms with E-state index in [1.54, 1.807) is 6.92 Å². The van der Waals surface area contributed by atoms with E-state index < -0.39 is 0 Å². The summed E-state index contributed by atoms with van der Waals surface area (Å²) in [4.78, 5) is 22.8. The van der Waals surface area contributed by atoms with Crippen molar-refractivity contribution in [2.45, 2.75) is 33.1 Å². The first-order chi connectivity index (χ1) is 6.61. The molecule has 0 saturated heterocycles. The van der Waals surface area contributed by atoms with E-state index in [0.29, 0.717) is 23.5 Å². The summed E-state index contributed by atoms with van der Waals surface area (Å²) in [6.07, 6.45) is 2.15. The molecule has 1 aliphatic carbocycles. The highest BCUT2D eigenvalue weighted by molar-refractivity contribution is 6.03. The molecule has 0 unspecified atom stereocenters. The zero-order chi connectivity index (χ0) is 10.3. The molecule has 0 bridgehead atoms. The Hall–Kier alpha value is -1.38. The highest BCUT2D eigenvalue weighted by Crippen LogP contribution is 2.29. The summed E-state index contributed by atoms with van der Waals surface area (Å²) in [6.45, 7) is 3.25. The standard InChI is InChI=1S/C11H12O3/c1-6(12)10-7(2)14-11-8(10)4-3-5-9(11)13/h3-5H2,1-2H3. The van der Waals surface area contributed by atoms with Crippen molar-refractivity contribution in [2.24, 2.45) is 0 Å². The summed E-state index contributed by atoms with van der Waals surface area (Å²) in [6, 6.07) is 0. The van der Waals surface area contributed by atoms with Crippen molar-refractivity contribution >= 4 is 11.6 Å². The molecule has 0 atom stereocenters. The predicted molar refractivity (Wildman–Crippen MR) is 50.7 cm³/mol. The number of Topliss-reactive ketones (excluding diaryl/α,β-unsaturated/α-hetero) is 2. The number of furan rings is 1. The molecule has 0 amide bonds. The minimum absolute atomic E-state index is 0.0119. The van der Waals surface area contributed by atoms with Gasteiger partial charge in [0.1, 0.15) is 5.76 Å². The smallest absolute Gasteiger partial charge is 0.198 e. The van der Waals surface area contributed by atoms with Crippen LogP contribution in [0.25, 0.3) is 0 Å².